The average Bonchev–Trinajstić information content (AvgIpc) is 3.33. The second-order valence-electron chi connectivity index (χ2n) is 8.21. The monoisotopic (exact) mass is 447 g/mol. The van der Waals surface area contributed by atoms with Crippen LogP contribution in [0.15, 0.2) is 55.1 Å². The van der Waals surface area contributed by atoms with Crippen LogP contribution in [0.1, 0.15) is 26.0 Å². The predicted molar refractivity (Wildman–Crippen MR) is 113 cm³/mol. The molecule has 166 valence electrons. The minimum absolute atomic E-state index is 0.0736. The molecule has 10 heteroatoms. The number of fused-ring (bicyclic) bond motifs is 1. The van der Waals surface area contributed by atoms with Gasteiger partial charge in [-0.3, -0.25) is 9.36 Å². The summed E-state index contributed by atoms with van der Waals surface area (Å²) in [5, 5.41) is 2.67. The van der Waals surface area contributed by atoms with Crippen LogP contribution in [0.2, 0.25) is 0 Å². The Bertz CT molecular complexity index is 1230. The first-order valence-electron chi connectivity index (χ1n) is 10.2. The molecule has 0 saturated carbocycles. The summed E-state index contributed by atoms with van der Waals surface area (Å²) >= 11 is 0. The van der Waals surface area contributed by atoms with Crippen molar-refractivity contribution in [2.24, 2.45) is 11.8 Å². The third-order valence-electron chi connectivity index (χ3n) is 5.45. The molecule has 1 fully saturated rings. The van der Waals surface area contributed by atoms with Crippen LogP contribution in [0.4, 0.5) is 0 Å². The molecule has 0 radical (unpaired) electrons. The van der Waals surface area contributed by atoms with Crippen LogP contribution < -0.4 is 11.1 Å². The largest absolute Gasteiger partial charge is 0.467 e. The molecule has 2 atom stereocenters. The summed E-state index contributed by atoms with van der Waals surface area (Å²) in [4.78, 5) is 24.6. The van der Waals surface area contributed by atoms with Gasteiger partial charge in [0.05, 0.1) is 23.2 Å². The highest BCUT2D eigenvalue weighted by molar-refractivity contribution is 7.89. The van der Waals surface area contributed by atoms with Gasteiger partial charge in [-0.1, -0.05) is 13.8 Å². The molecule has 31 heavy (non-hydrogen) atoms. The molecule has 4 rings (SSSR count). The van der Waals surface area contributed by atoms with Crippen LogP contribution in [-0.2, 0) is 27.9 Å². The number of carbonyl (C=O) groups is 1. The highest BCUT2D eigenvalue weighted by atomic mass is 32.2. The van der Waals surface area contributed by atoms with Crippen molar-refractivity contribution >= 4 is 27.0 Å². The van der Waals surface area contributed by atoms with E-state index in [4.69, 9.17) is 8.83 Å². The zero-order valence-corrected chi connectivity index (χ0v) is 18.2. The summed E-state index contributed by atoms with van der Waals surface area (Å²) in [7, 11) is -3.71. The number of rotatable bonds is 6. The number of furan rings is 1. The van der Waals surface area contributed by atoms with Crippen molar-refractivity contribution in [1.29, 1.82) is 0 Å². The van der Waals surface area contributed by atoms with E-state index < -0.39 is 21.7 Å². The van der Waals surface area contributed by atoms with E-state index in [1.807, 2.05) is 13.8 Å². The van der Waals surface area contributed by atoms with E-state index >= 15 is 0 Å². The quantitative estimate of drug-likeness (QED) is 0.619. The van der Waals surface area contributed by atoms with E-state index in [9.17, 15) is 18.0 Å². The van der Waals surface area contributed by atoms with Gasteiger partial charge >= 0.3 is 5.76 Å². The molecule has 1 amide bonds. The molecule has 1 aliphatic heterocycles. The number of nitrogens with one attached hydrogen (secondary N) is 1. The first kappa shape index (κ1) is 21.4. The number of hydrogen-bond donors (Lipinski definition) is 1. The predicted octanol–water partition coefficient (Wildman–Crippen LogP) is 2.17. The average molecular weight is 448 g/mol. The molecule has 2 aromatic heterocycles. The summed E-state index contributed by atoms with van der Waals surface area (Å²) < 4.78 is 39.3. The molecule has 1 aromatic carbocycles. The highest BCUT2D eigenvalue weighted by Crippen LogP contribution is 2.28. The molecule has 0 aliphatic carbocycles. The Morgan fingerprint density at radius 2 is 1.94 bits per heavy atom. The molecule has 1 aliphatic rings. The lowest BCUT2D eigenvalue weighted by atomic mass is 9.94. The molecule has 3 aromatic rings. The summed E-state index contributed by atoms with van der Waals surface area (Å²) in [6.45, 7) is 4.96. The number of sulfonamides is 1. The van der Waals surface area contributed by atoms with Crippen molar-refractivity contribution in [2.75, 3.05) is 13.1 Å². The van der Waals surface area contributed by atoms with Crippen molar-refractivity contribution in [3.63, 3.8) is 0 Å². The zero-order valence-electron chi connectivity index (χ0n) is 17.4. The van der Waals surface area contributed by atoms with Crippen molar-refractivity contribution < 1.29 is 22.0 Å². The standard InChI is InChI=1S/C21H25N3O6S/c1-14-8-15(2)12-23(11-14)31(27,28)17-5-6-18-19(9-17)30-21(26)24(18)13-20(25)22-10-16-4-3-7-29-16/h3-7,9,14-15H,8,10-13H2,1-2H3,(H,22,25)/t14-,15-/m0/s1. The number of aromatic nitrogens is 1. The maximum absolute atomic E-state index is 13.1. The summed E-state index contributed by atoms with van der Waals surface area (Å²) in [5.74, 6) is 0.0305. The van der Waals surface area contributed by atoms with Gasteiger partial charge in [-0.25, -0.2) is 13.2 Å². The lowest BCUT2D eigenvalue weighted by Gasteiger charge is -2.34. The van der Waals surface area contributed by atoms with Crippen LogP contribution in [-0.4, -0.2) is 36.3 Å². The molecule has 1 saturated heterocycles. The summed E-state index contributed by atoms with van der Waals surface area (Å²) in [5.41, 5.74) is 0.487. The van der Waals surface area contributed by atoms with Gasteiger partial charge in [0.15, 0.2) is 5.58 Å². The SMILES string of the molecule is C[C@H]1C[C@H](C)CN(S(=O)(=O)c2ccc3c(c2)oc(=O)n3CC(=O)NCc2ccco2)C1. The van der Waals surface area contributed by atoms with E-state index in [-0.39, 0.29) is 35.4 Å². The number of hydrogen-bond acceptors (Lipinski definition) is 6. The number of nitrogens with zero attached hydrogens (tertiary/aromatic N) is 2. The fourth-order valence-corrected chi connectivity index (χ4v) is 5.80. The number of piperidine rings is 1. The lowest BCUT2D eigenvalue weighted by Crippen LogP contribution is -2.42. The number of carbonyl (C=O) groups excluding carboxylic acids is 1. The third kappa shape index (κ3) is 4.45. The highest BCUT2D eigenvalue weighted by Gasteiger charge is 2.32. The Kier molecular flexibility index (Phi) is 5.76. The van der Waals surface area contributed by atoms with Crippen molar-refractivity contribution in [3.8, 4) is 0 Å². The molecule has 0 spiro atoms. The van der Waals surface area contributed by atoms with Crippen molar-refractivity contribution in [2.45, 2.75) is 38.3 Å². The minimum Gasteiger partial charge on any atom is -0.467 e. The van der Waals surface area contributed by atoms with Gasteiger partial charge in [0, 0.05) is 19.2 Å². The first-order valence-corrected chi connectivity index (χ1v) is 11.6. The smallest absolute Gasteiger partial charge is 0.420 e. The summed E-state index contributed by atoms with van der Waals surface area (Å²) in [6, 6.07) is 7.75. The van der Waals surface area contributed by atoms with Crippen LogP contribution >= 0.6 is 0 Å². The van der Waals surface area contributed by atoms with Gasteiger partial charge in [0.2, 0.25) is 15.9 Å². The number of benzene rings is 1. The molecule has 0 unspecified atom stereocenters. The van der Waals surface area contributed by atoms with E-state index in [2.05, 4.69) is 5.32 Å². The second-order valence-corrected chi connectivity index (χ2v) is 10.1. The Hall–Kier alpha value is -2.85. The van der Waals surface area contributed by atoms with E-state index in [1.54, 1.807) is 12.1 Å². The van der Waals surface area contributed by atoms with E-state index in [0.717, 1.165) is 6.42 Å². The van der Waals surface area contributed by atoms with Gasteiger partial charge in [0.25, 0.3) is 0 Å². The Balaban J connectivity index is 1.55. The third-order valence-corrected chi connectivity index (χ3v) is 7.28. The Morgan fingerprint density at radius 3 is 2.61 bits per heavy atom. The van der Waals surface area contributed by atoms with Crippen molar-refractivity contribution in [3.05, 3.63) is 52.9 Å². The molecular formula is C21H25N3O6S. The Labute approximate surface area is 179 Å². The second kappa shape index (κ2) is 8.35. The first-order chi connectivity index (χ1) is 14.7. The van der Waals surface area contributed by atoms with E-state index in [1.165, 1.54) is 33.3 Å². The van der Waals surface area contributed by atoms with Gasteiger partial charge in [-0.2, -0.15) is 4.31 Å². The topological polar surface area (TPSA) is 115 Å². The fourth-order valence-electron chi connectivity index (χ4n) is 4.11. The van der Waals surface area contributed by atoms with Gasteiger partial charge < -0.3 is 14.2 Å². The van der Waals surface area contributed by atoms with Gasteiger partial charge in [0.1, 0.15) is 12.3 Å². The number of amides is 1. The van der Waals surface area contributed by atoms with Crippen LogP contribution in [0, 0.1) is 11.8 Å². The Morgan fingerprint density at radius 1 is 1.19 bits per heavy atom. The zero-order chi connectivity index (χ0) is 22.2. The molecular weight excluding hydrogens is 422 g/mol. The molecule has 1 N–H and O–H groups in total. The maximum Gasteiger partial charge on any atom is 0.420 e. The molecule has 0 bridgehead atoms. The van der Waals surface area contributed by atoms with Crippen LogP contribution in [0.5, 0.6) is 0 Å². The lowest BCUT2D eigenvalue weighted by molar-refractivity contribution is -0.121. The normalized spacial score (nSPS) is 20.2. The fraction of sp³-hybridized carbons (Fsp3) is 0.429. The van der Waals surface area contributed by atoms with Gasteiger partial charge in [-0.15, -0.1) is 0 Å². The van der Waals surface area contributed by atoms with Crippen LogP contribution in [0.3, 0.4) is 0 Å². The van der Waals surface area contributed by atoms with Crippen LogP contribution in [0.25, 0.3) is 11.1 Å². The molecule has 3 heterocycles. The summed E-state index contributed by atoms with van der Waals surface area (Å²) in [6.07, 6.45) is 2.50. The molecule has 9 nitrogen and oxygen atoms in total. The van der Waals surface area contributed by atoms with Gasteiger partial charge in [-0.05, 0) is 42.5 Å². The maximum atomic E-state index is 13.1. The minimum atomic E-state index is -3.71. The number of oxazole rings is 1. The van der Waals surface area contributed by atoms with Crippen molar-refractivity contribution in [1.82, 2.24) is 14.2 Å². The van der Waals surface area contributed by atoms with E-state index in [0.29, 0.717) is 24.4 Å².